The number of aromatic amines is 1. The van der Waals surface area contributed by atoms with Crippen LogP contribution in [0, 0.1) is 0 Å². The van der Waals surface area contributed by atoms with E-state index in [2.05, 4.69) is 52.0 Å². The summed E-state index contributed by atoms with van der Waals surface area (Å²) >= 11 is 0. The first-order valence-corrected chi connectivity index (χ1v) is 10.6. The van der Waals surface area contributed by atoms with Gasteiger partial charge in [0.25, 0.3) is 5.91 Å². The molecule has 1 heterocycles. The second-order valence-corrected chi connectivity index (χ2v) is 6.92. The quantitative estimate of drug-likeness (QED) is 0.344. The Labute approximate surface area is 188 Å². The van der Waals surface area contributed by atoms with Crippen molar-refractivity contribution in [2.75, 3.05) is 0 Å². The Morgan fingerprint density at radius 2 is 1.84 bits per heavy atom. The molecule has 1 unspecified atom stereocenters. The number of aldehydes is 2. The molecule has 2 aromatic rings. The lowest BCUT2D eigenvalue weighted by Gasteiger charge is -2.16. The minimum Gasteiger partial charge on any atom is -0.382 e. The maximum Gasteiger partial charge on any atom is 0.269 e. The number of ketones is 1. The summed E-state index contributed by atoms with van der Waals surface area (Å²) in [5.41, 5.74) is 5.44. The van der Waals surface area contributed by atoms with Crippen molar-refractivity contribution in [3.05, 3.63) is 64.1 Å². The molecular formula is C24H32N4O4. The number of hydrogen-bond donors (Lipinski definition) is 3. The summed E-state index contributed by atoms with van der Waals surface area (Å²) in [6.07, 6.45) is 4.61. The Kier molecular flexibility index (Phi) is 11.3. The standard InChI is InChI=1S/C20H24N4O2.C2H2O2.C2H6/c1-4-12(2)22-17-8-7-15-6-5-14(9-16(15)17)11-21-20(26)19-10-18(13(3)25)23-24-19;3-1-2-4;1-2/h4-6,9-10,17,22H,7-8,11H2,1-3H3,(H,21,26)(H,23,24);1-2H;1-2H3/b12-4-;;. The molecule has 1 amide bonds. The number of nitrogens with zero attached hydrogens (tertiary/aromatic N) is 1. The van der Waals surface area contributed by atoms with E-state index >= 15 is 0 Å². The highest BCUT2D eigenvalue weighted by Crippen LogP contribution is 2.32. The minimum atomic E-state index is -0.273. The molecule has 3 rings (SSSR count). The number of carbonyl (C=O) groups excluding carboxylic acids is 4. The van der Waals surface area contributed by atoms with Crippen LogP contribution in [0.25, 0.3) is 0 Å². The van der Waals surface area contributed by atoms with E-state index in [1.165, 1.54) is 29.8 Å². The van der Waals surface area contributed by atoms with Crippen LogP contribution in [0.5, 0.6) is 0 Å². The van der Waals surface area contributed by atoms with E-state index in [0.29, 0.717) is 18.3 Å². The Hall–Kier alpha value is -3.55. The summed E-state index contributed by atoms with van der Waals surface area (Å²) in [4.78, 5) is 41.1. The van der Waals surface area contributed by atoms with Crippen LogP contribution >= 0.6 is 0 Å². The third-order valence-corrected chi connectivity index (χ3v) is 4.81. The van der Waals surface area contributed by atoms with Crippen LogP contribution in [-0.2, 0) is 22.6 Å². The van der Waals surface area contributed by atoms with Crippen molar-refractivity contribution in [2.45, 2.75) is 60.0 Å². The monoisotopic (exact) mass is 440 g/mol. The fraction of sp³-hybridized carbons (Fsp3) is 0.375. The van der Waals surface area contributed by atoms with Crippen molar-refractivity contribution >= 4 is 24.3 Å². The van der Waals surface area contributed by atoms with E-state index in [9.17, 15) is 9.59 Å². The van der Waals surface area contributed by atoms with Crippen molar-refractivity contribution in [3.8, 4) is 0 Å². The summed E-state index contributed by atoms with van der Waals surface area (Å²) in [5, 5.41) is 12.9. The zero-order valence-corrected chi connectivity index (χ0v) is 19.3. The Morgan fingerprint density at radius 1 is 1.16 bits per heavy atom. The Bertz CT molecular complexity index is 957. The van der Waals surface area contributed by atoms with Gasteiger partial charge in [0.15, 0.2) is 18.4 Å². The number of hydrogen-bond acceptors (Lipinski definition) is 6. The van der Waals surface area contributed by atoms with Gasteiger partial charge in [-0.15, -0.1) is 0 Å². The van der Waals surface area contributed by atoms with E-state index in [1.807, 2.05) is 20.8 Å². The molecule has 3 N–H and O–H groups in total. The molecule has 0 saturated heterocycles. The molecule has 8 nitrogen and oxygen atoms in total. The molecule has 0 spiro atoms. The van der Waals surface area contributed by atoms with Gasteiger partial charge in [0.1, 0.15) is 11.4 Å². The zero-order chi connectivity index (χ0) is 24.1. The number of aryl methyl sites for hydroxylation is 1. The summed E-state index contributed by atoms with van der Waals surface area (Å²) < 4.78 is 0. The fourth-order valence-electron chi connectivity index (χ4n) is 3.17. The van der Waals surface area contributed by atoms with Gasteiger partial charge >= 0.3 is 0 Å². The van der Waals surface area contributed by atoms with Gasteiger partial charge in [-0.2, -0.15) is 5.10 Å². The molecule has 0 radical (unpaired) electrons. The van der Waals surface area contributed by atoms with Crippen molar-refractivity contribution in [3.63, 3.8) is 0 Å². The van der Waals surface area contributed by atoms with Gasteiger partial charge in [-0.1, -0.05) is 38.1 Å². The molecule has 0 saturated carbocycles. The molecule has 0 bridgehead atoms. The number of benzene rings is 1. The molecular weight excluding hydrogens is 408 g/mol. The third kappa shape index (κ3) is 7.61. The number of amides is 1. The van der Waals surface area contributed by atoms with E-state index in [-0.39, 0.29) is 30.0 Å². The SMILES string of the molecule is C/C=C(/C)NC1CCc2ccc(CNC(=O)c3cc(C(C)=O)n[nH]3)cc21.CC.O=CC=O. The second kappa shape index (κ2) is 13.7. The number of carbonyl (C=O) groups is 4. The predicted octanol–water partition coefficient (Wildman–Crippen LogP) is 3.45. The first-order chi connectivity index (χ1) is 15.4. The predicted molar refractivity (Wildman–Crippen MR) is 123 cm³/mol. The zero-order valence-electron chi connectivity index (χ0n) is 19.3. The topological polar surface area (TPSA) is 121 Å². The number of fused-ring (bicyclic) bond motifs is 1. The van der Waals surface area contributed by atoms with Crippen molar-refractivity contribution in [1.82, 2.24) is 20.8 Å². The largest absolute Gasteiger partial charge is 0.382 e. The van der Waals surface area contributed by atoms with Crippen molar-refractivity contribution in [1.29, 1.82) is 0 Å². The highest BCUT2D eigenvalue weighted by Gasteiger charge is 2.22. The molecule has 1 aromatic carbocycles. The Balaban J connectivity index is 0.000000769. The van der Waals surface area contributed by atoms with Crippen molar-refractivity contribution in [2.24, 2.45) is 0 Å². The lowest BCUT2D eigenvalue weighted by atomic mass is 10.0. The molecule has 1 aliphatic carbocycles. The maximum absolute atomic E-state index is 12.2. The number of allylic oxidation sites excluding steroid dienone is 2. The van der Waals surface area contributed by atoms with E-state index in [0.717, 1.165) is 18.4 Å². The summed E-state index contributed by atoms with van der Waals surface area (Å²) in [5.74, 6) is -0.446. The molecule has 1 atom stereocenters. The minimum absolute atomic E-state index is 0.172. The van der Waals surface area contributed by atoms with Crippen LogP contribution in [0.4, 0.5) is 0 Å². The fourth-order valence-corrected chi connectivity index (χ4v) is 3.17. The second-order valence-electron chi connectivity index (χ2n) is 6.92. The van der Waals surface area contributed by atoms with Gasteiger partial charge in [0.2, 0.25) is 0 Å². The third-order valence-electron chi connectivity index (χ3n) is 4.81. The van der Waals surface area contributed by atoms with Gasteiger partial charge in [-0.3, -0.25) is 24.3 Å². The van der Waals surface area contributed by atoms with Gasteiger partial charge in [0.05, 0.1) is 6.04 Å². The molecule has 0 aliphatic heterocycles. The average Bonchev–Trinajstić information content (AvgIpc) is 3.47. The first kappa shape index (κ1) is 26.5. The Morgan fingerprint density at radius 3 is 2.41 bits per heavy atom. The maximum atomic E-state index is 12.2. The van der Waals surface area contributed by atoms with Crippen LogP contribution in [-0.4, -0.2) is 34.5 Å². The first-order valence-electron chi connectivity index (χ1n) is 10.6. The number of H-pyrrole nitrogens is 1. The molecule has 1 aliphatic rings. The summed E-state index contributed by atoms with van der Waals surface area (Å²) in [7, 11) is 0. The van der Waals surface area contributed by atoms with Crippen molar-refractivity contribution < 1.29 is 19.2 Å². The van der Waals surface area contributed by atoms with Crippen LogP contribution in [0.3, 0.4) is 0 Å². The van der Waals surface area contributed by atoms with Crippen LogP contribution < -0.4 is 10.6 Å². The lowest BCUT2D eigenvalue weighted by Crippen LogP contribution is -2.23. The normalized spacial score (nSPS) is 14.0. The van der Waals surface area contributed by atoms with Gasteiger partial charge in [-0.05, 0) is 49.4 Å². The highest BCUT2D eigenvalue weighted by atomic mass is 16.2. The van der Waals surface area contributed by atoms with Gasteiger partial charge in [-0.25, -0.2) is 0 Å². The number of Topliss-reactive ketones (excluding diaryl/α,β-unsaturated/α-hetero) is 1. The highest BCUT2D eigenvalue weighted by molar-refractivity contribution is 6.09. The molecule has 1 aromatic heterocycles. The van der Waals surface area contributed by atoms with Gasteiger partial charge < -0.3 is 10.6 Å². The average molecular weight is 441 g/mol. The van der Waals surface area contributed by atoms with E-state index in [1.54, 1.807) is 0 Å². The summed E-state index contributed by atoms with van der Waals surface area (Å²) in [6.45, 7) is 9.94. The van der Waals surface area contributed by atoms with Crippen LogP contribution in [0.1, 0.15) is 84.7 Å². The van der Waals surface area contributed by atoms with E-state index in [4.69, 9.17) is 9.59 Å². The summed E-state index contributed by atoms with van der Waals surface area (Å²) in [6, 6.07) is 8.16. The molecule has 0 fully saturated rings. The molecule has 32 heavy (non-hydrogen) atoms. The van der Waals surface area contributed by atoms with E-state index < -0.39 is 0 Å². The van der Waals surface area contributed by atoms with Crippen LogP contribution in [0.2, 0.25) is 0 Å². The lowest BCUT2D eigenvalue weighted by molar-refractivity contribution is -0.122. The van der Waals surface area contributed by atoms with Crippen LogP contribution in [0.15, 0.2) is 36.0 Å². The number of rotatable bonds is 7. The number of nitrogens with one attached hydrogen (secondary N) is 3. The number of aromatic nitrogens is 2. The molecule has 8 heteroatoms. The van der Waals surface area contributed by atoms with Gasteiger partial charge in [0, 0.05) is 19.2 Å². The smallest absolute Gasteiger partial charge is 0.269 e. The molecule has 172 valence electrons.